The Labute approximate surface area is 148 Å². The van der Waals surface area contributed by atoms with Crippen molar-refractivity contribution in [1.29, 1.82) is 0 Å². The topological polar surface area (TPSA) is 88.4 Å². The first-order valence-corrected chi connectivity index (χ1v) is 9.15. The van der Waals surface area contributed by atoms with Crippen LogP contribution in [0.25, 0.3) is 10.6 Å². The zero-order valence-corrected chi connectivity index (χ0v) is 14.4. The van der Waals surface area contributed by atoms with E-state index in [1.807, 2.05) is 0 Å². The number of nitrogens with zero attached hydrogens (tertiary/aromatic N) is 3. The number of nitro groups is 1. The number of thiazole rings is 1. The summed E-state index contributed by atoms with van der Waals surface area (Å²) >= 11 is 1.31. The number of rotatable bonds is 4. The molecule has 3 aliphatic heterocycles. The smallest absolute Gasteiger partial charge is 0.269 e. The molecule has 4 heterocycles. The van der Waals surface area contributed by atoms with Crippen LogP contribution in [0.1, 0.15) is 22.5 Å². The molecular formula is C17H18N4O3S. The number of hydrogen-bond donors (Lipinski definition) is 1. The van der Waals surface area contributed by atoms with Crippen molar-refractivity contribution in [2.45, 2.75) is 18.9 Å². The Balaban J connectivity index is 1.45. The van der Waals surface area contributed by atoms with Crippen LogP contribution in [0.3, 0.4) is 0 Å². The third kappa shape index (κ3) is 3.27. The van der Waals surface area contributed by atoms with Crippen molar-refractivity contribution in [3.63, 3.8) is 0 Å². The lowest BCUT2D eigenvalue weighted by molar-refractivity contribution is -0.384. The number of carbonyl (C=O) groups is 1. The number of nitrogens with one attached hydrogen (secondary N) is 1. The standard InChI is InChI=1S/C17H18N4O3S/c22-16(19-14-10-20-7-5-11(14)6-8-20)15-9-18-17(25-15)12-1-3-13(4-2-12)21(23)24/h1-4,9,11,14H,5-8,10H2,(H,19,22)/t14-/m0/s1. The van der Waals surface area contributed by atoms with Crippen molar-refractivity contribution in [2.24, 2.45) is 5.92 Å². The first-order chi connectivity index (χ1) is 12.1. The fraction of sp³-hybridized carbons (Fsp3) is 0.412. The number of hydrogen-bond acceptors (Lipinski definition) is 6. The van der Waals surface area contributed by atoms with Gasteiger partial charge in [-0.2, -0.15) is 0 Å². The summed E-state index contributed by atoms with van der Waals surface area (Å²) in [6.45, 7) is 3.22. The van der Waals surface area contributed by atoms with Crippen LogP contribution in [-0.4, -0.2) is 46.4 Å². The minimum absolute atomic E-state index is 0.0422. The molecule has 1 aromatic carbocycles. The van der Waals surface area contributed by atoms with Gasteiger partial charge in [-0.05, 0) is 44.0 Å². The van der Waals surface area contributed by atoms with Gasteiger partial charge >= 0.3 is 0 Å². The molecule has 3 saturated heterocycles. The maximum Gasteiger partial charge on any atom is 0.269 e. The number of non-ortho nitro benzene ring substituents is 1. The van der Waals surface area contributed by atoms with E-state index in [1.54, 1.807) is 18.3 Å². The minimum atomic E-state index is -0.432. The van der Waals surface area contributed by atoms with E-state index in [1.165, 1.54) is 23.5 Å². The number of carbonyl (C=O) groups excluding carboxylic acids is 1. The van der Waals surface area contributed by atoms with E-state index >= 15 is 0 Å². The minimum Gasteiger partial charge on any atom is -0.347 e. The highest BCUT2D eigenvalue weighted by Gasteiger charge is 2.35. The van der Waals surface area contributed by atoms with Crippen LogP contribution in [0.15, 0.2) is 30.5 Å². The number of piperidine rings is 3. The van der Waals surface area contributed by atoms with Crippen molar-refractivity contribution in [3.8, 4) is 10.6 Å². The average molecular weight is 358 g/mol. The van der Waals surface area contributed by atoms with Gasteiger partial charge in [-0.3, -0.25) is 14.9 Å². The van der Waals surface area contributed by atoms with Crippen molar-refractivity contribution in [2.75, 3.05) is 19.6 Å². The predicted octanol–water partition coefficient (Wildman–Crippen LogP) is 2.54. The van der Waals surface area contributed by atoms with Crippen LogP contribution >= 0.6 is 11.3 Å². The average Bonchev–Trinajstić information content (AvgIpc) is 3.13. The number of fused-ring (bicyclic) bond motifs is 3. The van der Waals surface area contributed by atoms with Gasteiger partial charge in [0.15, 0.2) is 0 Å². The number of nitro benzene ring substituents is 1. The van der Waals surface area contributed by atoms with Gasteiger partial charge in [0.1, 0.15) is 9.88 Å². The van der Waals surface area contributed by atoms with Gasteiger partial charge < -0.3 is 10.2 Å². The lowest BCUT2D eigenvalue weighted by Gasteiger charge is -2.44. The predicted molar refractivity (Wildman–Crippen MR) is 94.6 cm³/mol. The Hall–Kier alpha value is -2.32. The number of amides is 1. The molecule has 1 atom stereocenters. The van der Waals surface area contributed by atoms with Gasteiger partial charge in [0.2, 0.25) is 0 Å². The van der Waals surface area contributed by atoms with Crippen LogP contribution in [0.4, 0.5) is 5.69 Å². The molecule has 3 aliphatic rings. The van der Waals surface area contributed by atoms with Crippen molar-refractivity contribution >= 4 is 22.9 Å². The largest absolute Gasteiger partial charge is 0.347 e. The molecule has 1 amide bonds. The Morgan fingerprint density at radius 1 is 1.28 bits per heavy atom. The van der Waals surface area contributed by atoms with Gasteiger partial charge in [0.05, 0.1) is 11.1 Å². The fourth-order valence-electron chi connectivity index (χ4n) is 3.61. The molecule has 0 saturated carbocycles. The summed E-state index contributed by atoms with van der Waals surface area (Å²) in [6.07, 6.45) is 3.89. The molecule has 5 rings (SSSR count). The van der Waals surface area contributed by atoms with Gasteiger partial charge in [-0.1, -0.05) is 0 Å². The van der Waals surface area contributed by atoms with Gasteiger partial charge in [-0.15, -0.1) is 11.3 Å². The van der Waals surface area contributed by atoms with Crippen LogP contribution < -0.4 is 5.32 Å². The Bertz CT molecular complexity index is 796. The van der Waals surface area contributed by atoms with Crippen molar-refractivity contribution < 1.29 is 9.72 Å². The Morgan fingerprint density at radius 2 is 2.00 bits per heavy atom. The molecule has 0 unspecified atom stereocenters. The second-order valence-electron chi connectivity index (χ2n) is 6.55. The van der Waals surface area contributed by atoms with Crippen LogP contribution in [0, 0.1) is 16.0 Å². The zero-order valence-electron chi connectivity index (χ0n) is 13.6. The summed E-state index contributed by atoms with van der Waals surface area (Å²) in [5.74, 6) is 0.500. The molecule has 130 valence electrons. The zero-order chi connectivity index (χ0) is 17.4. The first-order valence-electron chi connectivity index (χ1n) is 8.34. The second kappa shape index (κ2) is 6.53. The van der Waals surface area contributed by atoms with Crippen LogP contribution in [-0.2, 0) is 0 Å². The molecule has 0 aliphatic carbocycles. The highest BCUT2D eigenvalue weighted by molar-refractivity contribution is 7.16. The molecule has 2 bridgehead atoms. The van der Waals surface area contributed by atoms with Crippen molar-refractivity contribution in [3.05, 3.63) is 45.5 Å². The molecule has 3 fully saturated rings. The lowest BCUT2D eigenvalue weighted by Crippen LogP contribution is -2.57. The van der Waals surface area contributed by atoms with E-state index in [9.17, 15) is 14.9 Å². The van der Waals surface area contributed by atoms with Gasteiger partial charge in [-0.25, -0.2) is 4.98 Å². The summed E-state index contributed by atoms with van der Waals surface area (Å²) in [5, 5.41) is 14.6. The quantitative estimate of drug-likeness (QED) is 0.670. The molecule has 2 aromatic rings. The van der Waals surface area contributed by atoms with Gasteiger partial charge in [0.25, 0.3) is 11.6 Å². The lowest BCUT2D eigenvalue weighted by atomic mass is 9.84. The normalized spacial score (nSPS) is 24.9. The third-order valence-corrected chi connectivity index (χ3v) is 6.07. The van der Waals surface area contributed by atoms with E-state index in [2.05, 4.69) is 15.2 Å². The maximum atomic E-state index is 12.5. The molecule has 1 aromatic heterocycles. The number of benzene rings is 1. The molecule has 0 radical (unpaired) electrons. The fourth-order valence-corrected chi connectivity index (χ4v) is 4.43. The van der Waals surface area contributed by atoms with Crippen molar-refractivity contribution in [1.82, 2.24) is 15.2 Å². The SMILES string of the molecule is O=C(N[C@H]1CN2CCC1CC2)c1cnc(-c2ccc([N+](=O)[O-])cc2)s1. The van der Waals surface area contributed by atoms with Gasteiger partial charge in [0, 0.05) is 30.3 Å². The van der Waals surface area contributed by atoms with E-state index in [0.717, 1.165) is 38.0 Å². The molecule has 0 spiro atoms. The highest BCUT2D eigenvalue weighted by Crippen LogP contribution is 2.29. The third-order valence-electron chi connectivity index (χ3n) is 5.03. The molecule has 25 heavy (non-hydrogen) atoms. The molecule has 7 nitrogen and oxygen atoms in total. The molecular weight excluding hydrogens is 340 g/mol. The maximum absolute atomic E-state index is 12.5. The summed E-state index contributed by atoms with van der Waals surface area (Å²) in [4.78, 5) is 30.1. The summed E-state index contributed by atoms with van der Waals surface area (Å²) in [6, 6.07) is 6.44. The Kier molecular flexibility index (Phi) is 4.22. The molecule has 8 heteroatoms. The van der Waals surface area contributed by atoms with E-state index < -0.39 is 4.92 Å². The summed E-state index contributed by atoms with van der Waals surface area (Å²) < 4.78 is 0. The number of aromatic nitrogens is 1. The van der Waals surface area contributed by atoms with E-state index in [0.29, 0.717) is 15.8 Å². The summed E-state index contributed by atoms with van der Waals surface area (Å²) in [7, 11) is 0. The summed E-state index contributed by atoms with van der Waals surface area (Å²) in [5.41, 5.74) is 0.818. The van der Waals surface area contributed by atoms with Crippen LogP contribution in [0.5, 0.6) is 0 Å². The van der Waals surface area contributed by atoms with E-state index in [4.69, 9.17) is 0 Å². The molecule has 1 N–H and O–H groups in total. The van der Waals surface area contributed by atoms with E-state index in [-0.39, 0.29) is 17.6 Å². The van der Waals surface area contributed by atoms with Crippen LogP contribution in [0.2, 0.25) is 0 Å². The first kappa shape index (κ1) is 16.2. The highest BCUT2D eigenvalue weighted by atomic mass is 32.1. The monoisotopic (exact) mass is 358 g/mol. The Morgan fingerprint density at radius 3 is 2.60 bits per heavy atom. The second-order valence-corrected chi connectivity index (χ2v) is 7.58.